The Bertz CT molecular complexity index is 1150. The number of nitrogens with zero attached hydrogens (tertiary/aromatic N) is 3. The van der Waals surface area contributed by atoms with E-state index in [1.54, 1.807) is 0 Å². The fraction of sp³-hybridized carbons (Fsp3) is 0.240. The van der Waals surface area contributed by atoms with Gasteiger partial charge >= 0.3 is 0 Å². The Hall–Kier alpha value is -3.27. The summed E-state index contributed by atoms with van der Waals surface area (Å²) in [4.78, 5) is 6.73. The van der Waals surface area contributed by atoms with Crippen molar-refractivity contribution in [2.75, 3.05) is 12.4 Å². The number of rotatable bonds is 5. The first-order valence-corrected chi connectivity index (χ1v) is 9.86. The maximum Gasteiger partial charge on any atom is 0.134 e. The number of benzene rings is 1. The third-order valence-corrected chi connectivity index (χ3v) is 6.01. The third kappa shape index (κ3) is 3.35. The number of hydrogen-bond donors (Lipinski definition) is 1. The Balaban J connectivity index is 1.49. The van der Waals surface area contributed by atoms with Crippen LogP contribution in [0.5, 0.6) is 0 Å². The molecule has 0 fully saturated rings. The van der Waals surface area contributed by atoms with E-state index in [0.717, 1.165) is 29.3 Å². The molecule has 0 amide bonds. The summed E-state index contributed by atoms with van der Waals surface area (Å²) in [5.41, 5.74) is 6.58. The smallest absolute Gasteiger partial charge is 0.134 e. The third-order valence-electron chi connectivity index (χ3n) is 6.01. The largest absolute Gasteiger partial charge is 0.369 e. The maximum atomic E-state index is 4.56. The van der Waals surface area contributed by atoms with Gasteiger partial charge in [0, 0.05) is 53.9 Å². The number of hydrogen-bond acceptors (Lipinski definition) is 3. The van der Waals surface area contributed by atoms with Crippen molar-refractivity contribution in [3.8, 4) is 0 Å². The van der Waals surface area contributed by atoms with Crippen LogP contribution in [-0.4, -0.2) is 21.5 Å². The van der Waals surface area contributed by atoms with E-state index in [9.17, 15) is 0 Å². The Morgan fingerprint density at radius 1 is 1.28 bits per heavy atom. The fourth-order valence-electron chi connectivity index (χ4n) is 3.77. The zero-order valence-corrected chi connectivity index (χ0v) is 17.7. The lowest BCUT2D eigenvalue weighted by atomic mass is 9.85. The van der Waals surface area contributed by atoms with Crippen molar-refractivity contribution in [2.45, 2.75) is 25.8 Å². The molecule has 148 valence electrons. The first-order chi connectivity index (χ1) is 13.8. The van der Waals surface area contributed by atoms with Gasteiger partial charge in [-0.2, -0.15) is 0 Å². The molecule has 4 nitrogen and oxygen atoms in total. The van der Waals surface area contributed by atoms with Crippen molar-refractivity contribution in [3.05, 3.63) is 90.0 Å². The molecule has 4 rings (SSSR count). The number of fused-ring (bicyclic) bond motifs is 2. The molecule has 3 aromatic rings. The molecule has 2 aromatic heterocycles. The summed E-state index contributed by atoms with van der Waals surface area (Å²) >= 11 is 0. The predicted molar refractivity (Wildman–Crippen MR) is 123 cm³/mol. The Morgan fingerprint density at radius 3 is 2.79 bits per heavy atom. The van der Waals surface area contributed by atoms with Crippen LogP contribution in [0, 0.1) is 0 Å². The highest BCUT2D eigenvalue weighted by atomic mass is 15.1. The molecule has 0 aliphatic carbocycles. The van der Waals surface area contributed by atoms with E-state index >= 15 is 0 Å². The number of allylic oxidation sites excluding steroid dienone is 2. The van der Waals surface area contributed by atoms with E-state index in [4.69, 9.17) is 0 Å². The van der Waals surface area contributed by atoms with Crippen molar-refractivity contribution in [3.63, 3.8) is 0 Å². The number of aromatic nitrogens is 2. The number of likely N-dealkylation sites (N-methyl/N-ethyl adjacent to an activating group) is 1. The molecule has 0 saturated heterocycles. The van der Waals surface area contributed by atoms with Gasteiger partial charge in [-0.15, -0.1) is 0 Å². The predicted octanol–water partition coefficient (Wildman–Crippen LogP) is 5.45. The SMILES string of the molecule is C=C(/C=C/c1cnc2c(c1)C(C)(C)C(=C)N2)N(C)Cc1cc2ccccc2n1C. The van der Waals surface area contributed by atoms with Gasteiger partial charge in [-0.1, -0.05) is 51.3 Å². The molecule has 0 atom stereocenters. The highest BCUT2D eigenvalue weighted by Gasteiger charge is 2.34. The second-order valence-electron chi connectivity index (χ2n) is 8.33. The number of nitrogens with one attached hydrogen (secondary N) is 1. The summed E-state index contributed by atoms with van der Waals surface area (Å²) in [5.74, 6) is 0.906. The lowest BCUT2D eigenvalue weighted by molar-refractivity contribution is 0.415. The summed E-state index contributed by atoms with van der Waals surface area (Å²) in [5, 5.41) is 4.55. The van der Waals surface area contributed by atoms with Gasteiger partial charge in [0.15, 0.2) is 0 Å². The standard InChI is InChI=1S/C25H28N4/c1-17(28(5)16-21-14-20-9-7-8-10-23(20)29(21)6)11-12-19-13-22-24(26-15-19)27-18(2)25(22,3)4/h7-15H,1-2,16H2,3-6H3,(H,26,27)/b12-11+. The highest BCUT2D eigenvalue weighted by Crippen LogP contribution is 2.41. The number of anilines is 1. The van der Waals surface area contributed by atoms with E-state index in [1.165, 1.54) is 22.2 Å². The summed E-state index contributed by atoms with van der Waals surface area (Å²) < 4.78 is 2.25. The van der Waals surface area contributed by atoms with Crippen molar-refractivity contribution in [1.82, 2.24) is 14.5 Å². The zero-order chi connectivity index (χ0) is 20.8. The fourth-order valence-corrected chi connectivity index (χ4v) is 3.77. The first-order valence-electron chi connectivity index (χ1n) is 9.86. The minimum Gasteiger partial charge on any atom is -0.369 e. The zero-order valence-electron chi connectivity index (χ0n) is 17.7. The van der Waals surface area contributed by atoms with Crippen LogP contribution in [0.4, 0.5) is 5.82 Å². The van der Waals surface area contributed by atoms with Crippen LogP contribution in [0.1, 0.15) is 30.7 Å². The molecule has 1 aliphatic heterocycles. The van der Waals surface area contributed by atoms with Gasteiger partial charge in [0.05, 0.1) is 6.54 Å². The topological polar surface area (TPSA) is 33.1 Å². The van der Waals surface area contributed by atoms with Crippen LogP contribution in [0.15, 0.2) is 73.2 Å². The van der Waals surface area contributed by atoms with Crippen LogP contribution >= 0.6 is 0 Å². The average Bonchev–Trinajstić information content (AvgIpc) is 3.13. The van der Waals surface area contributed by atoms with E-state index < -0.39 is 0 Å². The monoisotopic (exact) mass is 384 g/mol. The van der Waals surface area contributed by atoms with E-state index in [1.807, 2.05) is 6.20 Å². The van der Waals surface area contributed by atoms with Crippen LogP contribution < -0.4 is 5.32 Å². The van der Waals surface area contributed by atoms with Crippen LogP contribution in [-0.2, 0) is 19.0 Å². The van der Waals surface area contributed by atoms with Crippen LogP contribution in [0.25, 0.3) is 17.0 Å². The van der Waals surface area contributed by atoms with Crippen molar-refractivity contribution >= 4 is 22.8 Å². The van der Waals surface area contributed by atoms with Crippen LogP contribution in [0.3, 0.4) is 0 Å². The normalized spacial score (nSPS) is 15.0. The van der Waals surface area contributed by atoms with Gasteiger partial charge in [-0.05, 0) is 35.2 Å². The molecule has 1 aromatic carbocycles. The van der Waals surface area contributed by atoms with Gasteiger partial charge in [0.2, 0.25) is 0 Å². The van der Waals surface area contributed by atoms with Gasteiger partial charge in [-0.3, -0.25) is 0 Å². The van der Waals surface area contributed by atoms with E-state index in [-0.39, 0.29) is 5.41 Å². The summed E-state index contributed by atoms with van der Waals surface area (Å²) in [7, 11) is 4.19. The van der Waals surface area contributed by atoms with Gasteiger partial charge < -0.3 is 14.8 Å². The Kier molecular flexibility index (Phi) is 4.58. The molecule has 3 heterocycles. The molecule has 1 N–H and O–H groups in total. The number of pyridine rings is 1. The van der Waals surface area contributed by atoms with Gasteiger partial charge in [-0.25, -0.2) is 4.98 Å². The summed E-state index contributed by atoms with van der Waals surface area (Å²) in [6.07, 6.45) is 6.01. The highest BCUT2D eigenvalue weighted by molar-refractivity contribution is 5.81. The Labute approximate surface area is 172 Å². The molecule has 29 heavy (non-hydrogen) atoms. The average molecular weight is 385 g/mol. The van der Waals surface area contributed by atoms with Crippen molar-refractivity contribution in [1.29, 1.82) is 0 Å². The van der Waals surface area contributed by atoms with Gasteiger partial charge in [0.1, 0.15) is 5.82 Å². The molecule has 1 aliphatic rings. The number of para-hydroxylation sites is 1. The minimum atomic E-state index is -0.117. The molecule has 0 saturated carbocycles. The quantitative estimate of drug-likeness (QED) is 0.594. The lowest BCUT2D eigenvalue weighted by Crippen LogP contribution is -2.17. The molecular weight excluding hydrogens is 356 g/mol. The minimum absolute atomic E-state index is 0.117. The molecule has 0 radical (unpaired) electrons. The second-order valence-corrected chi connectivity index (χ2v) is 8.33. The van der Waals surface area contributed by atoms with E-state index in [2.05, 4.69) is 109 Å². The summed E-state index contributed by atoms with van der Waals surface area (Å²) in [6.45, 7) is 13.5. The van der Waals surface area contributed by atoms with Gasteiger partial charge in [0.25, 0.3) is 0 Å². The lowest BCUT2D eigenvalue weighted by Gasteiger charge is -2.20. The van der Waals surface area contributed by atoms with Crippen molar-refractivity contribution in [2.24, 2.45) is 7.05 Å². The maximum absolute atomic E-state index is 4.56. The first kappa shape index (κ1) is 19.1. The molecule has 4 heteroatoms. The van der Waals surface area contributed by atoms with E-state index in [0.29, 0.717) is 0 Å². The van der Waals surface area contributed by atoms with Crippen LogP contribution in [0.2, 0.25) is 0 Å². The molecular formula is C25H28N4. The van der Waals surface area contributed by atoms with Crippen molar-refractivity contribution < 1.29 is 0 Å². The molecule has 0 unspecified atom stereocenters. The molecule has 0 spiro atoms. The Morgan fingerprint density at radius 2 is 2.03 bits per heavy atom. The number of aryl methyl sites for hydroxylation is 1. The second kappa shape index (κ2) is 6.96. The molecule has 0 bridgehead atoms. The summed E-state index contributed by atoms with van der Waals surface area (Å²) in [6, 6.07) is 12.9.